The molecule has 1 aromatic carbocycles. The highest BCUT2D eigenvalue weighted by molar-refractivity contribution is 7.10. The molecule has 1 fully saturated rings. The van der Waals surface area contributed by atoms with Crippen molar-refractivity contribution in [1.29, 1.82) is 0 Å². The molecule has 0 aliphatic carbocycles. The van der Waals surface area contributed by atoms with Gasteiger partial charge in [0.1, 0.15) is 0 Å². The number of nitrogens with one attached hydrogen (secondary N) is 2. The highest BCUT2D eigenvalue weighted by atomic mass is 35.5. The highest BCUT2D eigenvalue weighted by Gasteiger charge is 2.25. The van der Waals surface area contributed by atoms with Gasteiger partial charge in [-0.05, 0) is 48.5 Å². The summed E-state index contributed by atoms with van der Waals surface area (Å²) in [6, 6.07) is 11.7. The Bertz CT molecular complexity index is 606. The summed E-state index contributed by atoms with van der Waals surface area (Å²) in [5.74, 6) is 0.184. The molecular weight excluding hydrogens is 316 g/mol. The van der Waals surface area contributed by atoms with Crippen LogP contribution in [-0.2, 0) is 4.79 Å². The van der Waals surface area contributed by atoms with Crippen LogP contribution in [-0.4, -0.2) is 19.0 Å². The SMILES string of the molecule is O=C(NC(c1ccc(Cl)cc1)c1cccs1)C1CCCNC1. The molecule has 1 aliphatic heterocycles. The molecule has 1 aromatic heterocycles. The van der Waals surface area contributed by atoms with Gasteiger partial charge in [0.15, 0.2) is 0 Å². The normalized spacial score (nSPS) is 19.6. The molecule has 2 N–H and O–H groups in total. The topological polar surface area (TPSA) is 41.1 Å². The van der Waals surface area contributed by atoms with Crippen LogP contribution in [0.2, 0.25) is 5.02 Å². The van der Waals surface area contributed by atoms with Crippen molar-refractivity contribution in [2.75, 3.05) is 13.1 Å². The standard InChI is InChI=1S/C17H19ClN2OS/c18-14-7-5-12(6-8-14)16(15-4-2-10-22-15)20-17(21)13-3-1-9-19-11-13/h2,4-8,10,13,16,19H,1,3,9,11H2,(H,20,21). The van der Waals surface area contributed by atoms with Gasteiger partial charge in [0.2, 0.25) is 5.91 Å². The number of amides is 1. The molecule has 2 unspecified atom stereocenters. The lowest BCUT2D eigenvalue weighted by Crippen LogP contribution is -2.41. The molecule has 0 radical (unpaired) electrons. The molecule has 22 heavy (non-hydrogen) atoms. The van der Waals surface area contributed by atoms with E-state index in [2.05, 4.69) is 16.7 Å². The van der Waals surface area contributed by atoms with Gasteiger partial charge in [-0.25, -0.2) is 0 Å². The van der Waals surface area contributed by atoms with Gasteiger partial charge in [0, 0.05) is 16.4 Å². The number of thiophene rings is 1. The van der Waals surface area contributed by atoms with Crippen LogP contribution in [0.5, 0.6) is 0 Å². The summed E-state index contributed by atoms with van der Waals surface area (Å²) in [5, 5.41) is 9.25. The lowest BCUT2D eigenvalue weighted by Gasteiger charge is -2.25. The first-order valence-corrected chi connectivity index (χ1v) is 8.80. The van der Waals surface area contributed by atoms with Crippen LogP contribution in [0.4, 0.5) is 0 Å². The average Bonchev–Trinajstić information content (AvgIpc) is 3.08. The van der Waals surface area contributed by atoms with E-state index >= 15 is 0 Å². The summed E-state index contributed by atoms with van der Waals surface area (Å²) in [6.45, 7) is 1.78. The van der Waals surface area contributed by atoms with Crippen LogP contribution in [0.1, 0.15) is 29.3 Å². The third-order valence-electron chi connectivity index (χ3n) is 3.99. The Kier molecular flexibility index (Phi) is 5.13. The number of hydrogen-bond donors (Lipinski definition) is 2. The number of carbonyl (C=O) groups is 1. The Morgan fingerprint density at radius 1 is 1.32 bits per heavy atom. The summed E-state index contributed by atoms with van der Waals surface area (Å²) >= 11 is 7.63. The lowest BCUT2D eigenvalue weighted by molar-refractivity contribution is -0.126. The molecular formula is C17H19ClN2OS. The third kappa shape index (κ3) is 3.69. The molecule has 0 bridgehead atoms. The first-order valence-electron chi connectivity index (χ1n) is 7.54. The minimum atomic E-state index is -0.105. The fourth-order valence-corrected chi connectivity index (χ4v) is 3.69. The summed E-state index contributed by atoms with van der Waals surface area (Å²) in [7, 11) is 0. The Morgan fingerprint density at radius 2 is 2.14 bits per heavy atom. The van der Waals surface area contributed by atoms with Crippen LogP contribution in [0, 0.1) is 5.92 Å². The summed E-state index contributed by atoms with van der Waals surface area (Å²) < 4.78 is 0. The largest absolute Gasteiger partial charge is 0.344 e. The average molecular weight is 335 g/mol. The van der Waals surface area contributed by atoms with Crippen molar-refractivity contribution >= 4 is 28.8 Å². The monoisotopic (exact) mass is 334 g/mol. The second-order valence-electron chi connectivity index (χ2n) is 5.55. The van der Waals surface area contributed by atoms with Crippen LogP contribution in [0.3, 0.4) is 0 Å². The van der Waals surface area contributed by atoms with E-state index in [0.29, 0.717) is 5.02 Å². The molecule has 5 heteroatoms. The number of carbonyl (C=O) groups excluding carboxylic acids is 1. The molecule has 2 aromatic rings. The Balaban J connectivity index is 1.79. The van der Waals surface area contributed by atoms with Crippen molar-refractivity contribution in [3.05, 3.63) is 57.2 Å². The van der Waals surface area contributed by atoms with E-state index in [1.807, 2.05) is 35.7 Å². The summed E-state index contributed by atoms with van der Waals surface area (Å²) in [5.41, 5.74) is 1.06. The van der Waals surface area contributed by atoms with E-state index in [4.69, 9.17) is 11.6 Å². The van der Waals surface area contributed by atoms with Gasteiger partial charge in [-0.2, -0.15) is 0 Å². The fourth-order valence-electron chi connectivity index (χ4n) is 2.77. The molecule has 1 aliphatic rings. The summed E-state index contributed by atoms with van der Waals surface area (Å²) in [4.78, 5) is 13.7. The van der Waals surface area contributed by atoms with E-state index in [1.54, 1.807) is 11.3 Å². The van der Waals surface area contributed by atoms with E-state index in [-0.39, 0.29) is 17.9 Å². The maximum Gasteiger partial charge on any atom is 0.225 e. The third-order valence-corrected chi connectivity index (χ3v) is 5.17. The van der Waals surface area contributed by atoms with Crippen molar-refractivity contribution in [3.63, 3.8) is 0 Å². The Labute approximate surface area is 139 Å². The molecule has 1 amide bonds. The quantitative estimate of drug-likeness (QED) is 0.896. The zero-order valence-corrected chi connectivity index (χ0v) is 13.8. The maximum absolute atomic E-state index is 12.6. The predicted molar refractivity (Wildman–Crippen MR) is 91.4 cm³/mol. The van der Waals surface area contributed by atoms with E-state index in [0.717, 1.165) is 36.4 Å². The number of rotatable bonds is 4. The minimum Gasteiger partial charge on any atom is -0.344 e. The number of hydrogen-bond acceptors (Lipinski definition) is 3. The van der Waals surface area contributed by atoms with Gasteiger partial charge in [-0.1, -0.05) is 29.8 Å². The van der Waals surface area contributed by atoms with Crippen LogP contribution in [0.15, 0.2) is 41.8 Å². The first kappa shape index (κ1) is 15.5. The first-order chi connectivity index (χ1) is 10.7. The van der Waals surface area contributed by atoms with Crippen molar-refractivity contribution in [3.8, 4) is 0 Å². The van der Waals surface area contributed by atoms with Crippen LogP contribution < -0.4 is 10.6 Å². The van der Waals surface area contributed by atoms with Crippen molar-refractivity contribution in [1.82, 2.24) is 10.6 Å². The van der Waals surface area contributed by atoms with E-state index in [9.17, 15) is 4.79 Å². The second-order valence-corrected chi connectivity index (χ2v) is 6.97. The molecule has 3 rings (SSSR count). The smallest absolute Gasteiger partial charge is 0.225 e. The molecule has 116 valence electrons. The predicted octanol–water partition coefficient (Wildman–Crippen LogP) is 3.61. The van der Waals surface area contributed by atoms with Crippen LogP contribution >= 0.6 is 22.9 Å². The van der Waals surface area contributed by atoms with Gasteiger partial charge in [-0.3, -0.25) is 4.79 Å². The summed E-state index contributed by atoms with van der Waals surface area (Å²) in [6.07, 6.45) is 2.01. The van der Waals surface area contributed by atoms with E-state index in [1.165, 1.54) is 0 Å². The van der Waals surface area contributed by atoms with Gasteiger partial charge in [0.05, 0.1) is 12.0 Å². The van der Waals surface area contributed by atoms with Crippen molar-refractivity contribution in [2.45, 2.75) is 18.9 Å². The Morgan fingerprint density at radius 3 is 2.77 bits per heavy atom. The van der Waals surface area contributed by atoms with Gasteiger partial charge < -0.3 is 10.6 Å². The number of piperidine rings is 1. The van der Waals surface area contributed by atoms with Gasteiger partial charge in [-0.15, -0.1) is 11.3 Å². The van der Waals surface area contributed by atoms with Crippen molar-refractivity contribution < 1.29 is 4.79 Å². The van der Waals surface area contributed by atoms with Crippen molar-refractivity contribution in [2.24, 2.45) is 5.92 Å². The zero-order valence-electron chi connectivity index (χ0n) is 12.2. The van der Waals surface area contributed by atoms with Gasteiger partial charge >= 0.3 is 0 Å². The number of benzene rings is 1. The molecule has 0 spiro atoms. The minimum absolute atomic E-state index is 0.0588. The highest BCUT2D eigenvalue weighted by Crippen LogP contribution is 2.27. The van der Waals surface area contributed by atoms with Crippen LogP contribution in [0.25, 0.3) is 0 Å². The Hall–Kier alpha value is -1.36. The fraction of sp³-hybridized carbons (Fsp3) is 0.353. The molecule has 2 atom stereocenters. The maximum atomic E-state index is 12.6. The molecule has 3 nitrogen and oxygen atoms in total. The van der Waals surface area contributed by atoms with E-state index < -0.39 is 0 Å². The zero-order chi connectivity index (χ0) is 15.4. The lowest BCUT2D eigenvalue weighted by atomic mass is 9.97. The molecule has 2 heterocycles. The second kappa shape index (κ2) is 7.27. The molecule has 0 saturated carbocycles. The number of halogens is 1. The van der Waals surface area contributed by atoms with Gasteiger partial charge in [0.25, 0.3) is 0 Å². The molecule has 1 saturated heterocycles.